The number of halogens is 1. The van der Waals surface area contributed by atoms with Crippen LogP contribution in [-0.4, -0.2) is 25.7 Å². The smallest absolute Gasteiger partial charge is 0.250 e. The molecular weight excluding hydrogens is 282 g/mol. The minimum Gasteiger partial charge on any atom is -0.393 e. The summed E-state index contributed by atoms with van der Waals surface area (Å²) in [5.41, 5.74) is 0. The third kappa shape index (κ3) is 3.42. The largest absolute Gasteiger partial charge is 0.393 e. The zero-order chi connectivity index (χ0) is 12.5. The second-order valence-corrected chi connectivity index (χ2v) is 7.85. The Balaban J connectivity index is 2.07. The Morgan fingerprint density at radius 3 is 2.76 bits per heavy atom. The minimum absolute atomic E-state index is 0.176. The summed E-state index contributed by atoms with van der Waals surface area (Å²) in [6, 6.07) is 2.88. The van der Waals surface area contributed by atoms with Gasteiger partial charge in [-0.3, -0.25) is 0 Å². The zero-order valence-electron chi connectivity index (χ0n) is 9.10. The quantitative estimate of drug-likeness (QED) is 0.896. The molecule has 1 aromatic heterocycles. The summed E-state index contributed by atoms with van der Waals surface area (Å²) in [5.74, 6) is 0. The molecule has 2 rings (SSSR count). The molecule has 0 amide bonds. The van der Waals surface area contributed by atoms with Gasteiger partial charge in [0, 0.05) is 6.04 Å². The van der Waals surface area contributed by atoms with E-state index in [9.17, 15) is 13.5 Å². The number of aliphatic hydroxyl groups is 1. The molecule has 0 radical (unpaired) electrons. The second-order valence-electron chi connectivity index (χ2n) is 4.20. The third-order valence-electron chi connectivity index (χ3n) is 2.78. The van der Waals surface area contributed by atoms with Gasteiger partial charge in [0.2, 0.25) is 10.0 Å². The van der Waals surface area contributed by atoms with Gasteiger partial charge >= 0.3 is 0 Å². The summed E-state index contributed by atoms with van der Waals surface area (Å²) in [7, 11) is -3.49. The summed E-state index contributed by atoms with van der Waals surface area (Å²) >= 11 is 6.76. The zero-order valence-corrected chi connectivity index (χ0v) is 11.5. The highest BCUT2D eigenvalue weighted by Gasteiger charge is 2.26. The van der Waals surface area contributed by atoms with E-state index in [1.54, 1.807) is 6.07 Å². The summed E-state index contributed by atoms with van der Waals surface area (Å²) in [4.78, 5) is 0. The molecule has 1 aliphatic rings. The van der Waals surface area contributed by atoms with Crippen LogP contribution in [0.15, 0.2) is 16.3 Å². The lowest BCUT2D eigenvalue weighted by Gasteiger charge is -2.26. The van der Waals surface area contributed by atoms with Crippen molar-refractivity contribution in [1.82, 2.24) is 4.72 Å². The van der Waals surface area contributed by atoms with E-state index in [2.05, 4.69) is 4.72 Å². The highest BCUT2D eigenvalue weighted by Crippen LogP contribution is 2.27. The van der Waals surface area contributed by atoms with Crippen LogP contribution in [0.3, 0.4) is 0 Å². The molecule has 96 valence electrons. The van der Waals surface area contributed by atoms with Crippen molar-refractivity contribution in [1.29, 1.82) is 0 Å². The Labute approximate surface area is 110 Å². The molecule has 2 N–H and O–H groups in total. The molecule has 0 saturated heterocycles. The monoisotopic (exact) mass is 295 g/mol. The fraction of sp³-hybridized carbons (Fsp3) is 0.600. The number of sulfonamides is 1. The molecule has 2 atom stereocenters. The van der Waals surface area contributed by atoms with Gasteiger partial charge in [0.15, 0.2) is 0 Å². The fourth-order valence-corrected chi connectivity index (χ4v) is 4.77. The number of hydrogen-bond acceptors (Lipinski definition) is 4. The maximum Gasteiger partial charge on any atom is 0.250 e. The van der Waals surface area contributed by atoms with Gasteiger partial charge in [-0.2, -0.15) is 0 Å². The van der Waals surface area contributed by atoms with E-state index in [1.165, 1.54) is 6.07 Å². The van der Waals surface area contributed by atoms with Crippen LogP contribution < -0.4 is 4.72 Å². The van der Waals surface area contributed by atoms with Crippen LogP contribution in [0.1, 0.15) is 25.7 Å². The van der Waals surface area contributed by atoms with Crippen LogP contribution in [0, 0.1) is 0 Å². The van der Waals surface area contributed by atoms with Crippen LogP contribution in [-0.2, 0) is 10.0 Å². The second kappa shape index (κ2) is 5.24. The van der Waals surface area contributed by atoms with Crippen molar-refractivity contribution in [2.75, 3.05) is 0 Å². The highest BCUT2D eigenvalue weighted by atomic mass is 35.5. The molecular formula is C10H14ClNO3S2. The van der Waals surface area contributed by atoms with Crippen molar-refractivity contribution < 1.29 is 13.5 Å². The molecule has 0 bridgehead atoms. The molecule has 1 heterocycles. The lowest BCUT2D eigenvalue weighted by Crippen LogP contribution is -2.39. The Morgan fingerprint density at radius 1 is 1.41 bits per heavy atom. The van der Waals surface area contributed by atoms with Gasteiger partial charge in [0.1, 0.15) is 4.21 Å². The third-order valence-corrected chi connectivity index (χ3v) is 6.03. The average Bonchev–Trinajstić information content (AvgIpc) is 2.65. The normalized spacial score (nSPS) is 26.0. The Hall–Kier alpha value is -0.140. The van der Waals surface area contributed by atoms with Crippen LogP contribution in [0.5, 0.6) is 0 Å². The first-order valence-corrected chi connectivity index (χ1v) is 8.11. The first-order valence-electron chi connectivity index (χ1n) is 5.43. The van der Waals surface area contributed by atoms with Gasteiger partial charge in [-0.1, -0.05) is 11.6 Å². The molecule has 1 fully saturated rings. The van der Waals surface area contributed by atoms with Crippen molar-refractivity contribution in [2.24, 2.45) is 0 Å². The number of hydrogen-bond donors (Lipinski definition) is 2. The standard InChI is InChI=1S/C10H14ClNO3S2/c11-9-4-5-10(16-9)17(14,15)12-7-2-1-3-8(13)6-7/h4-5,7-8,12-13H,1-3,6H2/t7-,8+/m0/s1. The van der Waals surface area contributed by atoms with Crippen molar-refractivity contribution >= 4 is 33.0 Å². The van der Waals surface area contributed by atoms with Crippen LogP contribution in [0.4, 0.5) is 0 Å². The summed E-state index contributed by atoms with van der Waals surface area (Å²) in [6.07, 6.45) is 2.46. The number of rotatable bonds is 3. The van der Waals surface area contributed by atoms with Gasteiger partial charge in [-0.25, -0.2) is 13.1 Å². The van der Waals surface area contributed by atoms with E-state index in [-0.39, 0.29) is 10.3 Å². The van der Waals surface area contributed by atoms with E-state index in [4.69, 9.17) is 11.6 Å². The average molecular weight is 296 g/mol. The lowest BCUT2D eigenvalue weighted by molar-refractivity contribution is 0.117. The van der Waals surface area contributed by atoms with Crippen LogP contribution in [0.25, 0.3) is 0 Å². The molecule has 0 aromatic carbocycles. The molecule has 7 heteroatoms. The Kier molecular flexibility index (Phi) is 4.10. The van der Waals surface area contributed by atoms with E-state index < -0.39 is 16.1 Å². The molecule has 1 saturated carbocycles. The Morgan fingerprint density at radius 2 is 2.18 bits per heavy atom. The highest BCUT2D eigenvalue weighted by molar-refractivity contribution is 7.91. The minimum atomic E-state index is -3.49. The van der Waals surface area contributed by atoms with Gasteiger partial charge in [0.25, 0.3) is 0 Å². The number of thiophene rings is 1. The van der Waals surface area contributed by atoms with Crippen molar-refractivity contribution in [3.05, 3.63) is 16.5 Å². The fourth-order valence-electron chi connectivity index (χ4n) is 1.99. The predicted octanol–water partition coefficient (Wildman–Crippen LogP) is 1.98. The van der Waals surface area contributed by atoms with Gasteiger partial charge < -0.3 is 5.11 Å². The molecule has 0 unspecified atom stereocenters. The van der Waals surface area contributed by atoms with E-state index in [0.29, 0.717) is 10.8 Å². The van der Waals surface area contributed by atoms with Crippen LogP contribution >= 0.6 is 22.9 Å². The summed E-state index contributed by atoms with van der Waals surface area (Å²) in [6.45, 7) is 0. The van der Waals surface area contributed by atoms with Crippen molar-refractivity contribution in [3.8, 4) is 0 Å². The maximum atomic E-state index is 12.0. The molecule has 1 aromatic rings. The van der Waals surface area contributed by atoms with Gasteiger partial charge in [-0.15, -0.1) is 11.3 Å². The van der Waals surface area contributed by atoms with Gasteiger partial charge in [0.05, 0.1) is 10.4 Å². The van der Waals surface area contributed by atoms with E-state index >= 15 is 0 Å². The summed E-state index contributed by atoms with van der Waals surface area (Å²) < 4.78 is 27.3. The molecule has 0 aliphatic heterocycles. The molecule has 1 aliphatic carbocycles. The topological polar surface area (TPSA) is 66.4 Å². The molecule has 17 heavy (non-hydrogen) atoms. The molecule has 4 nitrogen and oxygen atoms in total. The van der Waals surface area contributed by atoms with Crippen molar-refractivity contribution in [3.63, 3.8) is 0 Å². The Bertz CT molecular complexity index is 485. The first kappa shape index (κ1) is 13.3. The number of aliphatic hydroxyl groups excluding tert-OH is 1. The van der Waals surface area contributed by atoms with Gasteiger partial charge in [-0.05, 0) is 37.8 Å². The maximum absolute atomic E-state index is 12.0. The first-order chi connectivity index (χ1) is 7.97. The lowest BCUT2D eigenvalue weighted by atomic mass is 9.94. The van der Waals surface area contributed by atoms with E-state index in [0.717, 1.165) is 30.6 Å². The SMILES string of the molecule is O=S(=O)(N[C@H]1CCC[C@@H](O)C1)c1ccc(Cl)s1. The van der Waals surface area contributed by atoms with Crippen molar-refractivity contribution in [2.45, 2.75) is 42.0 Å². The van der Waals surface area contributed by atoms with E-state index in [1.807, 2.05) is 0 Å². The summed E-state index contributed by atoms with van der Waals surface area (Å²) in [5, 5.41) is 9.50. The molecule has 0 spiro atoms. The van der Waals surface area contributed by atoms with Crippen LogP contribution in [0.2, 0.25) is 4.34 Å². The number of nitrogens with one attached hydrogen (secondary N) is 1. The predicted molar refractivity (Wildman–Crippen MR) is 67.9 cm³/mol.